The van der Waals surface area contributed by atoms with Gasteiger partial charge in [0, 0.05) is 0 Å². The molecule has 0 spiro atoms. The van der Waals surface area contributed by atoms with Crippen molar-refractivity contribution in [2.75, 3.05) is 12.5 Å². The summed E-state index contributed by atoms with van der Waals surface area (Å²) >= 11 is 5.15. The third-order valence-electron chi connectivity index (χ3n) is 0.762. The summed E-state index contributed by atoms with van der Waals surface area (Å²) in [7, 11) is 0. The molecule has 10 heavy (non-hydrogen) atoms. The molecular weight excluding hydrogens is 156 g/mol. The van der Waals surface area contributed by atoms with Crippen molar-refractivity contribution in [2.45, 2.75) is 6.10 Å². The molecule has 0 amide bonds. The highest BCUT2D eigenvalue weighted by molar-refractivity contribution is 6.19. The first-order valence-corrected chi connectivity index (χ1v) is 3.27. The van der Waals surface area contributed by atoms with E-state index in [4.69, 9.17) is 16.7 Å². The highest BCUT2D eigenvalue weighted by atomic mass is 35.5. The van der Waals surface area contributed by atoms with Crippen LogP contribution in [0.25, 0.3) is 0 Å². The SMILES string of the molecule is C=CCOC(=O)C(O)CCl. The number of aliphatic hydroxyl groups is 1. The second-order valence-electron chi connectivity index (χ2n) is 1.59. The van der Waals surface area contributed by atoms with Gasteiger partial charge in [-0.1, -0.05) is 12.7 Å². The molecule has 0 aromatic rings. The number of carbonyl (C=O) groups excluding carboxylic acids is 1. The Labute approximate surface area is 64.2 Å². The number of esters is 1. The van der Waals surface area contributed by atoms with Gasteiger partial charge in [-0.3, -0.25) is 0 Å². The van der Waals surface area contributed by atoms with Crippen LogP contribution in [0, 0.1) is 0 Å². The van der Waals surface area contributed by atoms with Crippen LogP contribution >= 0.6 is 11.6 Å². The van der Waals surface area contributed by atoms with Crippen LogP contribution in [0.5, 0.6) is 0 Å². The van der Waals surface area contributed by atoms with E-state index in [1.165, 1.54) is 6.08 Å². The van der Waals surface area contributed by atoms with Crippen LogP contribution in [-0.4, -0.2) is 29.7 Å². The molecule has 1 N–H and O–H groups in total. The van der Waals surface area contributed by atoms with Gasteiger partial charge in [-0.15, -0.1) is 11.6 Å². The van der Waals surface area contributed by atoms with Crippen molar-refractivity contribution in [2.24, 2.45) is 0 Å². The molecule has 0 rings (SSSR count). The average Bonchev–Trinajstić information content (AvgIpc) is 1.98. The van der Waals surface area contributed by atoms with E-state index in [1.54, 1.807) is 0 Å². The predicted octanol–water partition coefficient (Wildman–Crippen LogP) is 0.315. The Morgan fingerprint density at radius 1 is 1.90 bits per heavy atom. The largest absolute Gasteiger partial charge is 0.460 e. The van der Waals surface area contributed by atoms with E-state index < -0.39 is 12.1 Å². The molecular formula is C6H9ClO3. The Morgan fingerprint density at radius 3 is 2.90 bits per heavy atom. The van der Waals surface area contributed by atoms with Crippen molar-refractivity contribution in [3.63, 3.8) is 0 Å². The first-order valence-electron chi connectivity index (χ1n) is 2.74. The molecule has 0 aliphatic heterocycles. The third kappa shape index (κ3) is 3.48. The Hall–Kier alpha value is -0.540. The highest BCUT2D eigenvalue weighted by Gasteiger charge is 2.13. The van der Waals surface area contributed by atoms with Crippen molar-refractivity contribution in [1.29, 1.82) is 0 Å². The normalized spacial score (nSPS) is 12.2. The molecule has 4 heteroatoms. The summed E-state index contributed by atoms with van der Waals surface area (Å²) in [5.74, 6) is -0.856. The Morgan fingerprint density at radius 2 is 2.50 bits per heavy atom. The van der Waals surface area contributed by atoms with Crippen LogP contribution in [-0.2, 0) is 9.53 Å². The molecule has 0 bridgehead atoms. The van der Waals surface area contributed by atoms with E-state index in [0.29, 0.717) is 0 Å². The van der Waals surface area contributed by atoms with Crippen LogP contribution < -0.4 is 0 Å². The van der Waals surface area contributed by atoms with Crippen molar-refractivity contribution in [3.8, 4) is 0 Å². The van der Waals surface area contributed by atoms with Gasteiger partial charge in [0.2, 0.25) is 0 Å². The van der Waals surface area contributed by atoms with Gasteiger partial charge < -0.3 is 9.84 Å². The minimum Gasteiger partial charge on any atom is -0.460 e. The fourth-order valence-corrected chi connectivity index (χ4v) is 0.426. The number of ether oxygens (including phenoxy) is 1. The minimum absolute atomic E-state index is 0.104. The highest BCUT2D eigenvalue weighted by Crippen LogP contribution is 1.91. The number of alkyl halides is 1. The van der Waals surface area contributed by atoms with Crippen LogP contribution in [0.15, 0.2) is 12.7 Å². The van der Waals surface area contributed by atoms with Crippen LogP contribution in [0.2, 0.25) is 0 Å². The lowest BCUT2D eigenvalue weighted by Gasteiger charge is -2.04. The number of rotatable bonds is 4. The van der Waals surface area contributed by atoms with Crippen LogP contribution in [0.1, 0.15) is 0 Å². The summed E-state index contributed by atoms with van der Waals surface area (Å²) in [6.07, 6.45) is 0.195. The molecule has 0 radical (unpaired) electrons. The van der Waals surface area contributed by atoms with Crippen molar-refractivity contribution in [3.05, 3.63) is 12.7 Å². The number of carbonyl (C=O) groups is 1. The minimum atomic E-state index is -1.22. The topological polar surface area (TPSA) is 46.5 Å². The molecule has 0 saturated heterocycles. The van der Waals surface area contributed by atoms with Gasteiger partial charge in [0.05, 0.1) is 5.88 Å². The third-order valence-corrected chi connectivity index (χ3v) is 1.05. The molecule has 1 unspecified atom stereocenters. The maximum Gasteiger partial charge on any atom is 0.336 e. The van der Waals surface area contributed by atoms with Gasteiger partial charge in [-0.25, -0.2) is 4.79 Å². The average molecular weight is 165 g/mol. The van der Waals surface area contributed by atoms with Crippen LogP contribution in [0.3, 0.4) is 0 Å². The summed E-state index contributed by atoms with van der Waals surface area (Å²) < 4.78 is 4.45. The molecule has 0 aliphatic carbocycles. The standard InChI is InChI=1S/C6H9ClO3/c1-2-3-10-6(9)5(8)4-7/h2,5,8H,1,3-4H2. The van der Waals surface area contributed by atoms with E-state index >= 15 is 0 Å². The Kier molecular flexibility index (Phi) is 4.98. The molecule has 1 atom stereocenters. The fraction of sp³-hybridized carbons (Fsp3) is 0.500. The van der Waals surface area contributed by atoms with Crippen molar-refractivity contribution in [1.82, 2.24) is 0 Å². The van der Waals surface area contributed by atoms with Gasteiger partial charge in [0.25, 0.3) is 0 Å². The second kappa shape index (κ2) is 5.26. The monoisotopic (exact) mass is 164 g/mol. The molecule has 0 aromatic heterocycles. The zero-order chi connectivity index (χ0) is 7.98. The summed E-state index contributed by atoms with van der Waals surface area (Å²) in [6, 6.07) is 0. The number of hydrogen-bond donors (Lipinski definition) is 1. The Balaban J connectivity index is 3.51. The van der Waals surface area contributed by atoms with Gasteiger partial charge in [-0.2, -0.15) is 0 Å². The summed E-state index contributed by atoms with van der Waals surface area (Å²) in [5.41, 5.74) is 0. The molecule has 0 aromatic carbocycles. The van der Waals surface area contributed by atoms with E-state index in [2.05, 4.69) is 11.3 Å². The molecule has 3 nitrogen and oxygen atoms in total. The molecule has 58 valence electrons. The van der Waals surface area contributed by atoms with E-state index in [9.17, 15) is 4.79 Å². The van der Waals surface area contributed by atoms with Crippen LogP contribution in [0.4, 0.5) is 0 Å². The Bertz CT molecular complexity index is 124. The summed E-state index contributed by atoms with van der Waals surface area (Å²) in [6.45, 7) is 3.43. The quantitative estimate of drug-likeness (QED) is 0.370. The zero-order valence-electron chi connectivity index (χ0n) is 5.42. The lowest BCUT2D eigenvalue weighted by Crippen LogP contribution is -2.24. The molecule has 0 heterocycles. The first-order chi connectivity index (χ1) is 4.72. The van der Waals surface area contributed by atoms with E-state index in [-0.39, 0.29) is 12.5 Å². The van der Waals surface area contributed by atoms with Crippen molar-refractivity contribution >= 4 is 17.6 Å². The van der Waals surface area contributed by atoms with Gasteiger partial charge in [-0.05, 0) is 0 Å². The fourth-order valence-electron chi connectivity index (χ4n) is 0.300. The first kappa shape index (κ1) is 9.46. The van der Waals surface area contributed by atoms with Gasteiger partial charge in [0.1, 0.15) is 6.61 Å². The number of hydrogen-bond acceptors (Lipinski definition) is 3. The zero-order valence-corrected chi connectivity index (χ0v) is 6.17. The summed E-state index contributed by atoms with van der Waals surface area (Å²) in [4.78, 5) is 10.5. The number of halogens is 1. The molecule has 0 fully saturated rings. The molecule has 0 saturated carbocycles. The number of aliphatic hydroxyl groups excluding tert-OH is 1. The second-order valence-corrected chi connectivity index (χ2v) is 1.90. The van der Waals surface area contributed by atoms with E-state index in [0.717, 1.165) is 0 Å². The summed E-state index contributed by atoms with van der Waals surface area (Å²) in [5, 5.41) is 8.71. The van der Waals surface area contributed by atoms with Gasteiger partial charge in [0.15, 0.2) is 6.10 Å². The van der Waals surface area contributed by atoms with Crippen molar-refractivity contribution < 1.29 is 14.6 Å². The van der Waals surface area contributed by atoms with Gasteiger partial charge >= 0.3 is 5.97 Å². The predicted molar refractivity (Wildman–Crippen MR) is 37.9 cm³/mol. The maximum absolute atomic E-state index is 10.5. The molecule has 0 aliphatic rings. The lowest BCUT2D eigenvalue weighted by molar-refractivity contribution is -0.150. The maximum atomic E-state index is 10.5. The lowest BCUT2D eigenvalue weighted by atomic mass is 10.4. The smallest absolute Gasteiger partial charge is 0.336 e. The van der Waals surface area contributed by atoms with E-state index in [1.807, 2.05) is 0 Å².